The first-order valence-corrected chi connectivity index (χ1v) is 12.3. The molecule has 0 radical (unpaired) electrons. The molecule has 38 heavy (non-hydrogen) atoms. The molecular formula is C25H28F3N9O. The Hall–Kier alpha value is -3.97. The van der Waals surface area contributed by atoms with Gasteiger partial charge in [-0.15, -0.1) is 0 Å². The highest BCUT2D eigenvalue weighted by atomic mass is 19.4. The minimum atomic E-state index is -4.59. The summed E-state index contributed by atoms with van der Waals surface area (Å²) >= 11 is 0. The van der Waals surface area contributed by atoms with Gasteiger partial charge in [0.2, 0.25) is 0 Å². The summed E-state index contributed by atoms with van der Waals surface area (Å²) in [4.78, 5) is 23.7. The number of H-pyrrole nitrogens is 1. The summed E-state index contributed by atoms with van der Waals surface area (Å²) in [7, 11) is 0. The lowest BCUT2D eigenvalue weighted by Gasteiger charge is -2.16. The number of hydrogen-bond donors (Lipinski definition) is 4. The van der Waals surface area contributed by atoms with Crippen LogP contribution in [0, 0.1) is 0 Å². The third-order valence-corrected chi connectivity index (χ3v) is 6.64. The first-order valence-electron chi connectivity index (χ1n) is 12.3. The van der Waals surface area contributed by atoms with Crippen LogP contribution in [0.15, 0.2) is 43.0 Å². The van der Waals surface area contributed by atoms with Crippen molar-refractivity contribution in [2.75, 3.05) is 31.5 Å². The Kier molecular flexibility index (Phi) is 7.04. The molecule has 0 bridgehead atoms. The Bertz CT molecular complexity index is 1450. The van der Waals surface area contributed by atoms with Crippen molar-refractivity contribution in [3.63, 3.8) is 0 Å². The summed E-state index contributed by atoms with van der Waals surface area (Å²) in [5.74, 6) is 0.217. The maximum Gasteiger partial charge on any atom is 0.433 e. The predicted octanol–water partition coefficient (Wildman–Crippen LogP) is 3.21. The van der Waals surface area contributed by atoms with E-state index >= 15 is 0 Å². The van der Waals surface area contributed by atoms with Crippen molar-refractivity contribution in [2.24, 2.45) is 5.73 Å². The normalized spacial score (nSPS) is 16.3. The van der Waals surface area contributed by atoms with Crippen LogP contribution in [0.4, 0.5) is 24.7 Å². The smallest absolute Gasteiger partial charge is 0.351 e. The molecule has 1 fully saturated rings. The maximum absolute atomic E-state index is 13.4. The molecule has 0 saturated carbocycles. The van der Waals surface area contributed by atoms with E-state index in [1.807, 2.05) is 18.1 Å². The van der Waals surface area contributed by atoms with E-state index in [1.54, 1.807) is 12.1 Å². The molecule has 0 aliphatic carbocycles. The second kappa shape index (κ2) is 10.4. The van der Waals surface area contributed by atoms with E-state index in [4.69, 9.17) is 5.73 Å². The van der Waals surface area contributed by atoms with E-state index < -0.39 is 11.9 Å². The fourth-order valence-corrected chi connectivity index (χ4v) is 4.71. The van der Waals surface area contributed by atoms with Crippen molar-refractivity contribution in [1.29, 1.82) is 0 Å². The molecule has 4 aromatic rings. The van der Waals surface area contributed by atoms with Gasteiger partial charge in [0, 0.05) is 49.3 Å². The number of anilines is 2. The van der Waals surface area contributed by atoms with Crippen LogP contribution in [0.2, 0.25) is 0 Å². The Morgan fingerprint density at radius 3 is 2.84 bits per heavy atom. The van der Waals surface area contributed by atoms with Crippen LogP contribution in [0.5, 0.6) is 0 Å². The van der Waals surface area contributed by atoms with Crippen molar-refractivity contribution < 1.29 is 18.0 Å². The molecule has 13 heteroatoms. The fraction of sp³-hybridized carbons (Fsp3) is 0.360. The molecule has 200 valence electrons. The van der Waals surface area contributed by atoms with E-state index in [0.29, 0.717) is 35.7 Å². The standard InChI is InChI=1S/C25H28F3N9O/c1-2-15-11-17(3-4-18(15)24(38)31-6-9-36-8-5-16(29)14-36)34-22-23-32-13-20(37(23)10-7-30-22)19-12-33-35-21(19)25(26,27)28/h3-4,7,10-13,16H,2,5-6,8-9,14,29H2,1H3,(H,30,34)(H,31,38)(H,33,35). The first kappa shape index (κ1) is 25.7. The first-order chi connectivity index (χ1) is 18.2. The number of carbonyl (C=O) groups excluding carboxylic acids is 1. The van der Waals surface area contributed by atoms with Crippen molar-refractivity contribution in [3.05, 3.63) is 59.8 Å². The van der Waals surface area contributed by atoms with Crippen LogP contribution in [0.1, 0.15) is 35.0 Å². The topological polar surface area (TPSA) is 129 Å². The average Bonchev–Trinajstić information content (AvgIpc) is 3.63. The number of likely N-dealkylation sites (tertiary alicyclic amines) is 1. The van der Waals surface area contributed by atoms with Crippen molar-refractivity contribution >= 4 is 23.1 Å². The third kappa shape index (κ3) is 5.20. The second-order valence-corrected chi connectivity index (χ2v) is 9.23. The summed E-state index contributed by atoms with van der Waals surface area (Å²) in [5.41, 5.74) is 7.56. The highest BCUT2D eigenvalue weighted by Gasteiger charge is 2.36. The number of rotatable bonds is 8. The fourth-order valence-electron chi connectivity index (χ4n) is 4.71. The number of alkyl halides is 3. The van der Waals surface area contributed by atoms with Crippen LogP contribution in [0.3, 0.4) is 0 Å². The zero-order chi connectivity index (χ0) is 26.9. The summed E-state index contributed by atoms with van der Waals surface area (Å²) in [6.07, 6.45) is 2.51. The summed E-state index contributed by atoms with van der Waals surface area (Å²) in [6, 6.07) is 5.58. The Morgan fingerprint density at radius 2 is 2.11 bits per heavy atom. The van der Waals surface area contributed by atoms with Gasteiger partial charge >= 0.3 is 6.18 Å². The number of imidazole rings is 1. The molecule has 4 heterocycles. The maximum atomic E-state index is 13.4. The molecule has 1 aliphatic heterocycles. The van der Waals surface area contributed by atoms with Crippen molar-refractivity contribution in [2.45, 2.75) is 32.0 Å². The molecule has 5 N–H and O–H groups in total. The molecular weight excluding hydrogens is 499 g/mol. The number of carbonyl (C=O) groups is 1. The summed E-state index contributed by atoms with van der Waals surface area (Å²) < 4.78 is 41.7. The molecule has 1 aliphatic rings. The number of nitrogens with one attached hydrogen (secondary N) is 3. The Morgan fingerprint density at radius 1 is 1.26 bits per heavy atom. The van der Waals surface area contributed by atoms with Gasteiger partial charge < -0.3 is 16.4 Å². The molecule has 0 spiro atoms. The van der Waals surface area contributed by atoms with Gasteiger partial charge in [-0.05, 0) is 43.1 Å². The van der Waals surface area contributed by atoms with Crippen LogP contribution in [-0.4, -0.2) is 67.6 Å². The van der Waals surface area contributed by atoms with Gasteiger partial charge in [0.25, 0.3) is 5.91 Å². The van der Waals surface area contributed by atoms with Crippen molar-refractivity contribution in [3.8, 4) is 11.3 Å². The van der Waals surface area contributed by atoms with Gasteiger partial charge in [-0.3, -0.25) is 19.2 Å². The number of nitrogens with two attached hydrogens (primary N) is 1. The number of amides is 1. The van der Waals surface area contributed by atoms with Gasteiger partial charge in [-0.25, -0.2) is 9.97 Å². The van der Waals surface area contributed by atoms with Crippen molar-refractivity contribution in [1.82, 2.24) is 34.8 Å². The average molecular weight is 528 g/mol. The number of aromatic amines is 1. The largest absolute Gasteiger partial charge is 0.433 e. The summed E-state index contributed by atoms with van der Waals surface area (Å²) in [5, 5.41) is 11.8. The number of halogens is 3. The molecule has 1 atom stereocenters. The number of nitrogens with zero attached hydrogens (tertiary/aromatic N) is 5. The lowest BCUT2D eigenvalue weighted by atomic mass is 10.0. The number of fused-ring (bicyclic) bond motifs is 1. The number of aryl methyl sites for hydroxylation is 1. The van der Waals surface area contributed by atoms with E-state index in [0.717, 1.165) is 37.8 Å². The lowest BCUT2D eigenvalue weighted by Crippen LogP contribution is -2.35. The van der Waals surface area contributed by atoms with E-state index in [9.17, 15) is 18.0 Å². The molecule has 5 rings (SSSR count). The summed E-state index contributed by atoms with van der Waals surface area (Å²) in [6.45, 7) is 5.05. The van der Waals surface area contributed by atoms with Gasteiger partial charge in [0.05, 0.1) is 23.7 Å². The molecule has 1 unspecified atom stereocenters. The van der Waals surface area contributed by atoms with E-state index in [1.165, 1.54) is 23.0 Å². The Labute approximate surface area is 216 Å². The van der Waals surface area contributed by atoms with E-state index in [2.05, 4.69) is 30.6 Å². The molecule has 1 aromatic carbocycles. The second-order valence-electron chi connectivity index (χ2n) is 9.23. The number of aromatic nitrogens is 5. The number of hydrogen-bond acceptors (Lipinski definition) is 7. The lowest BCUT2D eigenvalue weighted by molar-refractivity contribution is -0.140. The quantitative estimate of drug-likeness (QED) is 0.277. The predicted molar refractivity (Wildman–Crippen MR) is 136 cm³/mol. The van der Waals surface area contributed by atoms with Gasteiger partial charge in [-0.2, -0.15) is 18.3 Å². The SMILES string of the molecule is CCc1cc(Nc2nccn3c(-c4cn[nH]c4C(F)(F)F)cnc23)ccc1C(=O)NCCN1CCC(N)C1. The highest BCUT2D eigenvalue weighted by Crippen LogP contribution is 2.36. The zero-order valence-corrected chi connectivity index (χ0v) is 20.7. The van der Waals surface area contributed by atoms with Crippen LogP contribution >= 0.6 is 0 Å². The van der Waals surface area contributed by atoms with Crippen LogP contribution < -0.4 is 16.4 Å². The van der Waals surface area contributed by atoms with Gasteiger partial charge in [0.1, 0.15) is 5.69 Å². The van der Waals surface area contributed by atoms with Gasteiger partial charge in [-0.1, -0.05) is 6.92 Å². The molecule has 3 aromatic heterocycles. The molecule has 1 saturated heterocycles. The van der Waals surface area contributed by atoms with E-state index in [-0.39, 0.29) is 23.2 Å². The van der Waals surface area contributed by atoms with Gasteiger partial charge in [0.15, 0.2) is 11.5 Å². The molecule has 1 amide bonds. The zero-order valence-electron chi connectivity index (χ0n) is 20.7. The number of benzene rings is 1. The minimum absolute atomic E-state index is 0.113. The Balaban J connectivity index is 1.33. The molecule has 10 nitrogen and oxygen atoms in total. The van der Waals surface area contributed by atoms with Crippen LogP contribution in [0.25, 0.3) is 16.9 Å². The van der Waals surface area contributed by atoms with Crippen LogP contribution in [-0.2, 0) is 12.6 Å². The third-order valence-electron chi connectivity index (χ3n) is 6.64. The monoisotopic (exact) mass is 527 g/mol. The minimum Gasteiger partial charge on any atom is -0.351 e. The highest BCUT2D eigenvalue weighted by molar-refractivity contribution is 5.96.